The number of nitrogens with one attached hydrogen (secondary N) is 1. The Labute approximate surface area is 172 Å². The van der Waals surface area contributed by atoms with Crippen LogP contribution in [0.15, 0.2) is 59.8 Å². The van der Waals surface area contributed by atoms with E-state index >= 15 is 0 Å². The maximum Gasteiger partial charge on any atom is 0.328 e. The number of phenolic OH excluding ortho intramolecular Hbond substituents is 1. The van der Waals surface area contributed by atoms with Crippen molar-refractivity contribution >= 4 is 17.8 Å². The summed E-state index contributed by atoms with van der Waals surface area (Å²) >= 11 is 0. The van der Waals surface area contributed by atoms with Gasteiger partial charge in [0.1, 0.15) is 17.8 Å². The Bertz CT molecular complexity index is 932. The highest BCUT2D eigenvalue weighted by Crippen LogP contribution is 2.22. The number of phenols is 1. The van der Waals surface area contributed by atoms with E-state index in [0.717, 1.165) is 5.56 Å². The minimum Gasteiger partial charge on any atom is -0.508 e. The molecule has 3 atom stereocenters. The van der Waals surface area contributed by atoms with E-state index in [1.807, 2.05) is 0 Å². The van der Waals surface area contributed by atoms with Gasteiger partial charge in [0, 0.05) is 6.42 Å². The number of carbonyl (C=O) groups is 3. The molecule has 2 aromatic rings. The molecule has 9 nitrogen and oxygen atoms in total. The van der Waals surface area contributed by atoms with Gasteiger partial charge in [-0.15, -0.1) is 4.91 Å². The van der Waals surface area contributed by atoms with Gasteiger partial charge >= 0.3 is 5.97 Å². The third-order valence-electron chi connectivity index (χ3n) is 4.96. The van der Waals surface area contributed by atoms with Gasteiger partial charge in [-0.1, -0.05) is 47.6 Å². The average Bonchev–Trinajstić information content (AvgIpc) is 2.77. The Morgan fingerprint density at radius 3 is 2.43 bits per heavy atom. The number of carbonyl (C=O) groups excluding carboxylic acids is 3. The second-order valence-corrected chi connectivity index (χ2v) is 6.88. The number of ether oxygens (including phenoxy) is 1. The van der Waals surface area contributed by atoms with Crippen LogP contribution in [0.25, 0.3) is 0 Å². The quantitative estimate of drug-likeness (QED) is 0.383. The maximum atomic E-state index is 12.6. The molecule has 30 heavy (non-hydrogen) atoms. The standard InChI is InChI=1S/C21H21N3O6/c1-30-21(28)17(11-13-7-9-15(25)10-8-13)24-12-16(20(24)27)22-19(26)18(23-29)14-5-3-2-4-6-14/h2-10,16-18,25H,11-12H2,1H3,(H,22,26). The molecule has 1 heterocycles. The van der Waals surface area contributed by atoms with Crippen molar-refractivity contribution in [3.8, 4) is 5.75 Å². The predicted molar refractivity (Wildman–Crippen MR) is 106 cm³/mol. The van der Waals surface area contributed by atoms with E-state index in [1.54, 1.807) is 42.5 Å². The highest BCUT2D eigenvalue weighted by molar-refractivity contribution is 5.96. The second-order valence-electron chi connectivity index (χ2n) is 6.88. The summed E-state index contributed by atoms with van der Waals surface area (Å²) in [5.41, 5.74) is 1.16. The van der Waals surface area contributed by atoms with Gasteiger partial charge in [0.15, 0.2) is 6.04 Å². The van der Waals surface area contributed by atoms with Crippen LogP contribution in [-0.4, -0.2) is 53.5 Å². The Balaban J connectivity index is 1.65. The van der Waals surface area contributed by atoms with Crippen LogP contribution in [0.5, 0.6) is 5.75 Å². The molecule has 0 spiro atoms. The van der Waals surface area contributed by atoms with E-state index in [9.17, 15) is 24.4 Å². The second kappa shape index (κ2) is 9.17. The summed E-state index contributed by atoms with van der Waals surface area (Å²) in [4.78, 5) is 49.7. The molecule has 0 aliphatic carbocycles. The largest absolute Gasteiger partial charge is 0.508 e. The van der Waals surface area contributed by atoms with Crippen LogP contribution < -0.4 is 5.32 Å². The van der Waals surface area contributed by atoms with Crippen LogP contribution >= 0.6 is 0 Å². The molecule has 0 aromatic heterocycles. The molecule has 1 saturated heterocycles. The normalized spacial score (nSPS) is 17.4. The summed E-state index contributed by atoms with van der Waals surface area (Å²) in [6.07, 6.45) is 0.196. The summed E-state index contributed by atoms with van der Waals surface area (Å²) < 4.78 is 4.82. The van der Waals surface area contributed by atoms with E-state index in [2.05, 4.69) is 10.5 Å². The average molecular weight is 411 g/mol. The number of amides is 2. The molecule has 0 saturated carbocycles. The van der Waals surface area contributed by atoms with Gasteiger partial charge in [-0.25, -0.2) is 4.79 Å². The molecule has 2 N–H and O–H groups in total. The summed E-state index contributed by atoms with van der Waals surface area (Å²) in [5, 5.41) is 14.8. The number of hydrogen-bond donors (Lipinski definition) is 2. The fraction of sp³-hybridized carbons (Fsp3) is 0.286. The SMILES string of the molecule is COC(=O)C(Cc1ccc(O)cc1)N1CC(NC(=O)C(N=O)c2ccccc2)C1=O. The van der Waals surface area contributed by atoms with E-state index in [0.29, 0.717) is 5.56 Å². The molecule has 1 aliphatic rings. The monoisotopic (exact) mass is 411 g/mol. The lowest BCUT2D eigenvalue weighted by Crippen LogP contribution is -2.68. The number of rotatable bonds is 8. The molecule has 2 aromatic carbocycles. The van der Waals surface area contributed by atoms with Crippen LogP contribution in [0.1, 0.15) is 17.2 Å². The summed E-state index contributed by atoms with van der Waals surface area (Å²) in [5.74, 6) is -1.62. The molecule has 0 radical (unpaired) electrons. The number of hydrogen-bond acceptors (Lipinski definition) is 7. The summed E-state index contributed by atoms with van der Waals surface area (Å²) in [6, 6.07) is 11.6. The number of esters is 1. The Morgan fingerprint density at radius 2 is 1.87 bits per heavy atom. The van der Waals surface area contributed by atoms with Crippen LogP contribution in [0.3, 0.4) is 0 Å². The van der Waals surface area contributed by atoms with Gasteiger partial charge in [0.25, 0.3) is 5.91 Å². The van der Waals surface area contributed by atoms with Crippen molar-refractivity contribution in [1.82, 2.24) is 10.2 Å². The zero-order chi connectivity index (χ0) is 21.7. The van der Waals surface area contributed by atoms with Crippen molar-refractivity contribution in [1.29, 1.82) is 0 Å². The van der Waals surface area contributed by atoms with Crippen molar-refractivity contribution in [2.24, 2.45) is 5.18 Å². The number of likely N-dealkylation sites (tertiary alicyclic amines) is 1. The molecule has 0 bridgehead atoms. The fourth-order valence-corrected chi connectivity index (χ4v) is 3.30. The lowest BCUT2D eigenvalue weighted by atomic mass is 9.97. The van der Waals surface area contributed by atoms with Crippen LogP contribution in [0, 0.1) is 4.91 Å². The topological polar surface area (TPSA) is 125 Å². The Morgan fingerprint density at radius 1 is 1.20 bits per heavy atom. The van der Waals surface area contributed by atoms with Gasteiger partial charge in [-0.3, -0.25) is 9.59 Å². The Kier molecular flexibility index (Phi) is 6.41. The number of aromatic hydroxyl groups is 1. The number of nitroso groups, excluding NO2 is 1. The molecule has 1 fully saturated rings. The first-order valence-corrected chi connectivity index (χ1v) is 9.28. The highest BCUT2D eigenvalue weighted by atomic mass is 16.5. The van der Waals surface area contributed by atoms with Crippen molar-refractivity contribution in [2.45, 2.75) is 24.5 Å². The molecule has 9 heteroatoms. The zero-order valence-electron chi connectivity index (χ0n) is 16.2. The van der Waals surface area contributed by atoms with Crippen molar-refractivity contribution in [2.75, 3.05) is 13.7 Å². The van der Waals surface area contributed by atoms with Crippen molar-refractivity contribution in [3.63, 3.8) is 0 Å². The Hall–Kier alpha value is -3.75. The molecule has 156 valence electrons. The fourth-order valence-electron chi connectivity index (χ4n) is 3.30. The number of β-lactam (4-membered cyclic amide) rings is 1. The van der Waals surface area contributed by atoms with E-state index in [1.165, 1.54) is 24.1 Å². The molecule has 3 unspecified atom stereocenters. The van der Waals surface area contributed by atoms with Gasteiger partial charge in [0.05, 0.1) is 13.7 Å². The van der Waals surface area contributed by atoms with Gasteiger partial charge in [-0.05, 0) is 23.3 Å². The van der Waals surface area contributed by atoms with E-state index < -0.39 is 35.9 Å². The summed E-state index contributed by atoms with van der Waals surface area (Å²) in [7, 11) is 1.23. The smallest absolute Gasteiger partial charge is 0.328 e. The molecular weight excluding hydrogens is 390 g/mol. The zero-order valence-corrected chi connectivity index (χ0v) is 16.2. The number of nitrogens with zero attached hydrogens (tertiary/aromatic N) is 2. The number of methoxy groups -OCH3 is 1. The lowest BCUT2D eigenvalue weighted by Gasteiger charge is -2.42. The third kappa shape index (κ3) is 4.45. The van der Waals surface area contributed by atoms with E-state index in [4.69, 9.17) is 4.74 Å². The first kappa shape index (κ1) is 21.0. The van der Waals surface area contributed by atoms with Gasteiger partial charge < -0.3 is 20.1 Å². The van der Waals surface area contributed by atoms with Gasteiger partial charge in [0.2, 0.25) is 5.91 Å². The molecule has 2 amide bonds. The first-order valence-electron chi connectivity index (χ1n) is 9.28. The first-order chi connectivity index (χ1) is 14.4. The van der Waals surface area contributed by atoms with Crippen LogP contribution in [-0.2, 0) is 25.5 Å². The summed E-state index contributed by atoms with van der Waals surface area (Å²) in [6.45, 7) is 0.1000. The molecule has 1 aliphatic heterocycles. The van der Waals surface area contributed by atoms with Crippen LogP contribution in [0.2, 0.25) is 0 Å². The molecule has 3 rings (SSSR count). The highest BCUT2D eigenvalue weighted by Gasteiger charge is 2.45. The third-order valence-corrected chi connectivity index (χ3v) is 4.96. The minimum absolute atomic E-state index is 0.0907. The van der Waals surface area contributed by atoms with E-state index in [-0.39, 0.29) is 18.7 Å². The van der Waals surface area contributed by atoms with Crippen molar-refractivity contribution in [3.05, 3.63) is 70.6 Å². The van der Waals surface area contributed by atoms with Gasteiger partial charge in [-0.2, -0.15) is 0 Å². The predicted octanol–water partition coefficient (Wildman–Crippen LogP) is 1.31. The number of benzene rings is 2. The lowest BCUT2D eigenvalue weighted by molar-refractivity contribution is -0.161. The minimum atomic E-state index is -1.26. The maximum absolute atomic E-state index is 12.6. The van der Waals surface area contributed by atoms with Crippen LogP contribution in [0.4, 0.5) is 0 Å². The molecular formula is C21H21N3O6. The van der Waals surface area contributed by atoms with Crippen molar-refractivity contribution < 1.29 is 24.2 Å².